The van der Waals surface area contributed by atoms with Crippen LogP contribution in [0.2, 0.25) is 0 Å². The van der Waals surface area contributed by atoms with Crippen molar-refractivity contribution in [3.8, 4) is 0 Å². The van der Waals surface area contributed by atoms with Crippen LogP contribution in [0.1, 0.15) is 5.56 Å². The fraction of sp³-hybridized carbons (Fsp3) is 0. The lowest BCUT2D eigenvalue weighted by molar-refractivity contribution is -0.130. The molecule has 1 aromatic carbocycles. The highest BCUT2D eigenvalue weighted by Gasteiger charge is 2.06. The van der Waals surface area contributed by atoms with E-state index in [2.05, 4.69) is 6.58 Å². The lowest BCUT2D eigenvalue weighted by atomic mass is 10.1. The zero-order chi connectivity index (χ0) is 9.14. The Labute approximate surface area is 69.0 Å². The molecular weight excluding hydrogens is 159 g/mol. The quantitative estimate of drug-likeness (QED) is 0.681. The maximum Gasteiger partial charge on any atom is 0.335 e. The highest BCUT2D eigenvalue weighted by atomic mass is 19.1. The molecule has 0 radical (unpaired) electrons. The molecule has 0 spiro atoms. The number of carboxylic acids is 1. The maximum atomic E-state index is 12.6. The summed E-state index contributed by atoms with van der Waals surface area (Å²) in [6.45, 7) is 3.30. The molecule has 0 amide bonds. The average Bonchev–Trinajstić information content (AvgIpc) is 2.03. The summed E-state index contributed by atoms with van der Waals surface area (Å²) in [4.78, 5) is 10.4. The molecule has 1 N–H and O–H groups in total. The number of carboxylic acid groups (broad SMARTS) is 1. The molecule has 1 aromatic rings. The first-order chi connectivity index (χ1) is 5.61. The van der Waals surface area contributed by atoms with Gasteiger partial charge in [0.05, 0.1) is 5.57 Å². The zero-order valence-electron chi connectivity index (χ0n) is 6.25. The second kappa shape index (κ2) is 3.17. The minimum atomic E-state index is -1.14. The first kappa shape index (κ1) is 8.46. The van der Waals surface area contributed by atoms with Crippen LogP contribution in [0.15, 0.2) is 30.8 Å². The third-order valence-electron chi connectivity index (χ3n) is 1.43. The van der Waals surface area contributed by atoms with Crippen LogP contribution in [0.5, 0.6) is 0 Å². The van der Waals surface area contributed by atoms with Gasteiger partial charge in [0.15, 0.2) is 0 Å². The standard InChI is InChI=1S/C9H7FO2/c1-6(9(11)12)7-3-2-4-8(10)5-7/h2-5H,1H2,(H,11,12). The summed E-state index contributed by atoms with van der Waals surface area (Å²) >= 11 is 0. The van der Waals surface area contributed by atoms with E-state index in [-0.39, 0.29) is 5.57 Å². The molecule has 0 heterocycles. The van der Waals surface area contributed by atoms with E-state index in [1.54, 1.807) is 0 Å². The fourth-order valence-electron chi connectivity index (χ4n) is 0.800. The fourth-order valence-corrected chi connectivity index (χ4v) is 0.800. The van der Waals surface area contributed by atoms with Gasteiger partial charge < -0.3 is 5.11 Å². The number of hydrogen-bond donors (Lipinski definition) is 1. The van der Waals surface area contributed by atoms with Crippen LogP contribution in [0.25, 0.3) is 5.57 Å². The van der Waals surface area contributed by atoms with Gasteiger partial charge in [0, 0.05) is 0 Å². The second-order valence-electron chi connectivity index (χ2n) is 2.29. The lowest BCUT2D eigenvalue weighted by Crippen LogP contribution is -1.97. The van der Waals surface area contributed by atoms with E-state index in [4.69, 9.17) is 5.11 Å². The molecule has 0 aliphatic heterocycles. The third-order valence-corrected chi connectivity index (χ3v) is 1.43. The summed E-state index contributed by atoms with van der Waals surface area (Å²) < 4.78 is 12.6. The van der Waals surface area contributed by atoms with Gasteiger partial charge in [-0.2, -0.15) is 0 Å². The van der Waals surface area contributed by atoms with E-state index in [0.717, 1.165) is 6.07 Å². The molecule has 12 heavy (non-hydrogen) atoms. The Morgan fingerprint density at radius 3 is 2.67 bits per heavy atom. The normalized spacial score (nSPS) is 9.42. The first-order valence-electron chi connectivity index (χ1n) is 3.29. The van der Waals surface area contributed by atoms with Crippen molar-refractivity contribution < 1.29 is 14.3 Å². The molecule has 0 saturated heterocycles. The topological polar surface area (TPSA) is 37.3 Å². The Hall–Kier alpha value is -1.64. The van der Waals surface area contributed by atoms with E-state index in [1.807, 2.05) is 0 Å². The second-order valence-corrected chi connectivity index (χ2v) is 2.29. The van der Waals surface area contributed by atoms with Crippen LogP contribution in [0.4, 0.5) is 4.39 Å². The van der Waals surface area contributed by atoms with Gasteiger partial charge in [-0.1, -0.05) is 18.7 Å². The van der Waals surface area contributed by atoms with Crippen LogP contribution in [0, 0.1) is 5.82 Å². The van der Waals surface area contributed by atoms with Crippen LogP contribution in [0.3, 0.4) is 0 Å². The Morgan fingerprint density at radius 2 is 2.17 bits per heavy atom. The molecule has 0 unspecified atom stereocenters. The summed E-state index contributed by atoms with van der Waals surface area (Å²) in [6.07, 6.45) is 0. The van der Waals surface area contributed by atoms with Crippen molar-refractivity contribution in [2.45, 2.75) is 0 Å². The van der Waals surface area contributed by atoms with Gasteiger partial charge in [0.2, 0.25) is 0 Å². The van der Waals surface area contributed by atoms with Gasteiger partial charge in [0.1, 0.15) is 5.82 Å². The van der Waals surface area contributed by atoms with E-state index in [1.165, 1.54) is 18.2 Å². The molecule has 3 heteroatoms. The van der Waals surface area contributed by atoms with Crippen LogP contribution < -0.4 is 0 Å². The SMILES string of the molecule is C=C(C(=O)O)c1cccc(F)c1. The molecule has 0 fully saturated rings. The molecule has 2 nitrogen and oxygen atoms in total. The summed E-state index contributed by atoms with van der Waals surface area (Å²) in [5, 5.41) is 8.50. The van der Waals surface area contributed by atoms with E-state index < -0.39 is 11.8 Å². The molecule has 0 aromatic heterocycles. The highest BCUT2D eigenvalue weighted by Crippen LogP contribution is 2.13. The van der Waals surface area contributed by atoms with Gasteiger partial charge in [-0.05, 0) is 17.7 Å². The molecule has 0 aliphatic rings. The van der Waals surface area contributed by atoms with E-state index in [0.29, 0.717) is 5.56 Å². The van der Waals surface area contributed by atoms with Crippen molar-refractivity contribution in [2.75, 3.05) is 0 Å². The minimum Gasteiger partial charge on any atom is -0.478 e. The van der Waals surface area contributed by atoms with Crippen molar-refractivity contribution in [3.05, 3.63) is 42.2 Å². The Kier molecular flexibility index (Phi) is 2.24. The van der Waals surface area contributed by atoms with E-state index in [9.17, 15) is 9.18 Å². The number of halogens is 1. The van der Waals surface area contributed by atoms with Crippen molar-refractivity contribution in [3.63, 3.8) is 0 Å². The van der Waals surface area contributed by atoms with Gasteiger partial charge in [-0.3, -0.25) is 0 Å². The largest absolute Gasteiger partial charge is 0.478 e. The molecule has 62 valence electrons. The van der Waals surface area contributed by atoms with Gasteiger partial charge in [-0.25, -0.2) is 9.18 Å². The molecule has 0 aliphatic carbocycles. The minimum absolute atomic E-state index is 0.102. The van der Waals surface area contributed by atoms with E-state index >= 15 is 0 Å². The lowest BCUT2D eigenvalue weighted by Gasteiger charge is -1.98. The highest BCUT2D eigenvalue weighted by molar-refractivity contribution is 6.14. The van der Waals surface area contributed by atoms with Gasteiger partial charge in [0.25, 0.3) is 0 Å². The molecule has 0 bridgehead atoms. The van der Waals surface area contributed by atoms with Crippen LogP contribution in [-0.2, 0) is 4.79 Å². The number of carbonyl (C=O) groups is 1. The van der Waals surface area contributed by atoms with Gasteiger partial charge >= 0.3 is 5.97 Å². The Bertz CT molecular complexity index is 331. The van der Waals surface area contributed by atoms with Crippen molar-refractivity contribution in [1.82, 2.24) is 0 Å². The van der Waals surface area contributed by atoms with Crippen LogP contribution >= 0.6 is 0 Å². The molecule has 1 rings (SSSR count). The van der Waals surface area contributed by atoms with Crippen molar-refractivity contribution >= 4 is 11.5 Å². The zero-order valence-corrected chi connectivity index (χ0v) is 6.25. The maximum absolute atomic E-state index is 12.6. The predicted octanol–water partition coefficient (Wildman–Crippen LogP) is 1.92. The Balaban J connectivity index is 3.04. The monoisotopic (exact) mass is 166 g/mol. The Morgan fingerprint density at radius 1 is 1.50 bits per heavy atom. The molecule has 0 saturated carbocycles. The number of hydrogen-bond acceptors (Lipinski definition) is 1. The van der Waals surface area contributed by atoms with Crippen molar-refractivity contribution in [1.29, 1.82) is 0 Å². The number of rotatable bonds is 2. The number of aliphatic carboxylic acids is 1. The van der Waals surface area contributed by atoms with Crippen molar-refractivity contribution in [2.24, 2.45) is 0 Å². The summed E-state index contributed by atoms with van der Waals surface area (Å²) in [5.41, 5.74) is 0.192. The smallest absolute Gasteiger partial charge is 0.335 e. The molecular formula is C9H7FO2. The molecule has 0 atom stereocenters. The summed E-state index contributed by atoms with van der Waals surface area (Å²) in [5.74, 6) is -1.60. The summed E-state index contributed by atoms with van der Waals surface area (Å²) in [6, 6.07) is 5.33. The predicted molar refractivity (Wildman–Crippen MR) is 43.1 cm³/mol. The number of benzene rings is 1. The van der Waals surface area contributed by atoms with Crippen LogP contribution in [-0.4, -0.2) is 11.1 Å². The third kappa shape index (κ3) is 1.69. The average molecular weight is 166 g/mol. The first-order valence-corrected chi connectivity index (χ1v) is 3.29. The summed E-state index contributed by atoms with van der Waals surface area (Å²) in [7, 11) is 0. The van der Waals surface area contributed by atoms with Gasteiger partial charge in [-0.15, -0.1) is 0 Å².